The van der Waals surface area contributed by atoms with Crippen molar-refractivity contribution in [2.45, 2.75) is 6.42 Å². The number of hydrogen-bond donors (Lipinski definition) is 1. The number of nitrogens with zero attached hydrogens (tertiary/aromatic N) is 2. The normalized spacial score (nSPS) is 18.7. The zero-order valence-corrected chi connectivity index (χ0v) is 9.50. The van der Waals surface area contributed by atoms with Gasteiger partial charge in [0.15, 0.2) is 0 Å². The SMILES string of the molecule is C#CC1CC(=O)N(c2ccc(N)cc2[N+](=O)[O-])C1. The highest BCUT2D eigenvalue weighted by Gasteiger charge is 2.33. The van der Waals surface area contributed by atoms with E-state index in [0.717, 1.165) is 0 Å². The molecule has 18 heavy (non-hydrogen) atoms. The second kappa shape index (κ2) is 4.37. The number of hydrogen-bond acceptors (Lipinski definition) is 4. The fraction of sp³-hybridized carbons (Fsp3) is 0.250. The highest BCUT2D eigenvalue weighted by Crippen LogP contribution is 2.34. The maximum absolute atomic E-state index is 11.8. The molecule has 1 fully saturated rings. The van der Waals surface area contributed by atoms with Crippen LogP contribution in [-0.4, -0.2) is 17.4 Å². The van der Waals surface area contributed by atoms with Crippen molar-refractivity contribution in [2.24, 2.45) is 5.92 Å². The van der Waals surface area contributed by atoms with Gasteiger partial charge in [-0.05, 0) is 12.1 Å². The van der Waals surface area contributed by atoms with Gasteiger partial charge in [-0.25, -0.2) is 0 Å². The van der Waals surface area contributed by atoms with Crippen molar-refractivity contribution in [1.29, 1.82) is 0 Å². The van der Waals surface area contributed by atoms with Crippen molar-refractivity contribution in [1.82, 2.24) is 0 Å². The molecule has 1 unspecified atom stereocenters. The molecule has 1 atom stereocenters. The topological polar surface area (TPSA) is 89.5 Å². The van der Waals surface area contributed by atoms with Crippen molar-refractivity contribution in [2.75, 3.05) is 17.2 Å². The molecule has 1 aliphatic heterocycles. The molecule has 1 saturated heterocycles. The summed E-state index contributed by atoms with van der Waals surface area (Å²) in [6.45, 7) is 0.306. The second-order valence-corrected chi connectivity index (χ2v) is 4.08. The number of rotatable bonds is 2. The second-order valence-electron chi connectivity index (χ2n) is 4.08. The number of benzene rings is 1. The van der Waals surface area contributed by atoms with Crippen LogP contribution in [0.3, 0.4) is 0 Å². The van der Waals surface area contributed by atoms with Gasteiger partial charge in [0.1, 0.15) is 5.69 Å². The first-order chi connectivity index (χ1) is 8.52. The highest BCUT2D eigenvalue weighted by molar-refractivity contribution is 5.98. The summed E-state index contributed by atoms with van der Waals surface area (Å²) in [5.74, 6) is 2.09. The summed E-state index contributed by atoms with van der Waals surface area (Å²) in [5.41, 5.74) is 5.86. The van der Waals surface area contributed by atoms with E-state index in [4.69, 9.17) is 12.2 Å². The lowest BCUT2D eigenvalue weighted by molar-refractivity contribution is -0.384. The van der Waals surface area contributed by atoms with Gasteiger partial charge in [-0.1, -0.05) is 0 Å². The highest BCUT2D eigenvalue weighted by atomic mass is 16.6. The number of terminal acetylenes is 1. The number of nitro groups is 1. The van der Waals surface area contributed by atoms with Crippen molar-refractivity contribution in [3.05, 3.63) is 28.3 Å². The van der Waals surface area contributed by atoms with Gasteiger partial charge in [0.25, 0.3) is 5.69 Å². The molecule has 0 radical (unpaired) electrons. The number of nitrogen functional groups attached to an aromatic ring is 1. The van der Waals surface area contributed by atoms with Crippen LogP contribution in [-0.2, 0) is 4.79 Å². The van der Waals surface area contributed by atoms with Gasteiger partial charge in [-0.3, -0.25) is 14.9 Å². The van der Waals surface area contributed by atoms with E-state index in [9.17, 15) is 14.9 Å². The van der Waals surface area contributed by atoms with Crippen molar-refractivity contribution in [3.8, 4) is 12.3 Å². The summed E-state index contributed by atoms with van der Waals surface area (Å²) >= 11 is 0. The Balaban J connectivity index is 2.43. The fourth-order valence-electron chi connectivity index (χ4n) is 1.97. The third kappa shape index (κ3) is 1.98. The maximum Gasteiger partial charge on any atom is 0.295 e. The molecule has 1 aromatic carbocycles. The monoisotopic (exact) mass is 245 g/mol. The van der Waals surface area contributed by atoms with E-state index in [2.05, 4.69) is 5.92 Å². The Labute approximate surface area is 104 Å². The molecule has 2 N–H and O–H groups in total. The molecule has 0 spiro atoms. The number of amides is 1. The van der Waals surface area contributed by atoms with E-state index in [1.54, 1.807) is 0 Å². The summed E-state index contributed by atoms with van der Waals surface area (Å²) in [6, 6.07) is 4.24. The number of carbonyl (C=O) groups is 1. The van der Waals surface area contributed by atoms with E-state index in [0.29, 0.717) is 6.54 Å². The average molecular weight is 245 g/mol. The van der Waals surface area contributed by atoms with E-state index < -0.39 is 4.92 Å². The van der Waals surface area contributed by atoms with Gasteiger partial charge in [0, 0.05) is 30.6 Å². The molecule has 1 heterocycles. The summed E-state index contributed by atoms with van der Waals surface area (Å²) < 4.78 is 0. The van der Waals surface area contributed by atoms with Crippen LogP contribution in [0.1, 0.15) is 6.42 Å². The fourth-order valence-corrected chi connectivity index (χ4v) is 1.97. The number of anilines is 2. The van der Waals surface area contributed by atoms with Crippen LogP contribution in [0.5, 0.6) is 0 Å². The first-order valence-electron chi connectivity index (χ1n) is 5.33. The van der Waals surface area contributed by atoms with E-state index in [1.165, 1.54) is 23.1 Å². The van der Waals surface area contributed by atoms with Crippen molar-refractivity contribution in [3.63, 3.8) is 0 Å². The molecule has 6 nitrogen and oxygen atoms in total. The average Bonchev–Trinajstić information content (AvgIpc) is 2.70. The molecule has 1 aliphatic rings. The molecule has 1 amide bonds. The molecule has 6 heteroatoms. The molecule has 1 aromatic rings. The zero-order chi connectivity index (χ0) is 13.3. The molecule has 92 valence electrons. The smallest absolute Gasteiger partial charge is 0.295 e. The van der Waals surface area contributed by atoms with Crippen LogP contribution in [0, 0.1) is 28.4 Å². The van der Waals surface area contributed by atoms with Gasteiger partial charge in [-0.15, -0.1) is 12.3 Å². The summed E-state index contributed by atoms with van der Waals surface area (Å²) in [7, 11) is 0. The molecule has 0 bridgehead atoms. The van der Waals surface area contributed by atoms with Gasteiger partial charge in [0.2, 0.25) is 5.91 Å². The predicted molar refractivity (Wildman–Crippen MR) is 66.8 cm³/mol. The maximum atomic E-state index is 11.8. The Morgan fingerprint density at radius 3 is 2.83 bits per heavy atom. The summed E-state index contributed by atoms with van der Waals surface area (Å²) in [6.07, 6.45) is 5.50. The van der Waals surface area contributed by atoms with Crippen LogP contribution >= 0.6 is 0 Å². The zero-order valence-electron chi connectivity index (χ0n) is 9.50. The van der Waals surface area contributed by atoms with Gasteiger partial charge >= 0.3 is 0 Å². The lowest BCUT2D eigenvalue weighted by Crippen LogP contribution is -2.25. The van der Waals surface area contributed by atoms with E-state index in [1.807, 2.05) is 0 Å². The largest absolute Gasteiger partial charge is 0.399 e. The Bertz CT molecular complexity index is 562. The van der Waals surface area contributed by atoms with E-state index >= 15 is 0 Å². The lowest BCUT2D eigenvalue weighted by atomic mass is 10.1. The minimum atomic E-state index is -0.553. The van der Waals surface area contributed by atoms with Crippen LogP contribution in [0.4, 0.5) is 17.1 Å². The van der Waals surface area contributed by atoms with Crippen LogP contribution in [0.2, 0.25) is 0 Å². The van der Waals surface area contributed by atoms with Gasteiger partial charge < -0.3 is 10.6 Å². The third-order valence-corrected chi connectivity index (χ3v) is 2.85. The van der Waals surface area contributed by atoms with Gasteiger partial charge in [-0.2, -0.15) is 0 Å². The minimum absolute atomic E-state index is 0.180. The first-order valence-corrected chi connectivity index (χ1v) is 5.33. The lowest BCUT2D eigenvalue weighted by Gasteiger charge is -2.16. The Morgan fingerprint density at radius 1 is 1.56 bits per heavy atom. The Kier molecular flexibility index (Phi) is 2.90. The van der Waals surface area contributed by atoms with E-state index in [-0.39, 0.29) is 35.3 Å². The molecular weight excluding hydrogens is 234 g/mol. The molecule has 0 aliphatic carbocycles. The van der Waals surface area contributed by atoms with Gasteiger partial charge in [0.05, 0.1) is 4.92 Å². The molecule has 2 rings (SSSR count). The van der Waals surface area contributed by atoms with Crippen LogP contribution in [0.25, 0.3) is 0 Å². The predicted octanol–water partition coefficient (Wildman–Crippen LogP) is 1.16. The Hall–Kier alpha value is -2.55. The van der Waals surface area contributed by atoms with Crippen LogP contribution in [0.15, 0.2) is 18.2 Å². The first kappa shape index (κ1) is 11.9. The number of nitrogens with two attached hydrogens (primary N) is 1. The summed E-state index contributed by atoms with van der Waals surface area (Å²) in [4.78, 5) is 23.5. The molecule has 0 aromatic heterocycles. The Morgan fingerprint density at radius 2 is 2.28 bits per heavy atom. The molecular formula is C12H11N3O3. The number of carbonyl (C=O) groups excluding carboxylic acids is 1. The minimum Gasteiger partial charge on any atom is -0.399 e. The standard InChI is InChI=1S/C12H11N3O3/c1-2-8-5-12(16)14(7-8)10-4-3-9(13)6-11(10)15(17)18/h1,3-4,6,8H,5,7,13H2. The van der Waals surface area contributed by atoms with Crippen molar-refractivity contribution < 1.29 is 9.72 Å². The van der Waals surface area contributed by atoms with Crippen LogP contribution < -0.4 is 10.6 Å². The van der Waals surface area contributed by atoms with Crippen molar-refractivity contribution >= 4 is 23.0 Å². The quantitative estimate of drug-likeness (QED) is 0.366. The summed E-state index contributed by atoms with van der Waals surface area (Å²) in [5, 5.41) is 11.0. The third-order valence-electron chi connectivity index (χ3n) is 2.85. The molecule has 0 saturated carbocycles. The number of nitro benzene ring substituents is 1.